The molecule has 17 heteroatoms. The second kappa shape index (κ2) is 18.7. The molecular formula is C53H57FN10O6. The lowest BCUT2D eigenvalue weighted by Crippen LogP contribution is -2.69. The molecule has 362 valence electrons. The lowest BCUT2D eigenvalue weighted by Gasteiger charge is -2.57. The lowest BCUT2D eigenvalue weighted by atomic mass is 9.84. The van der Waals surface area contributed by atoms with Crippen LogP contribution in [0, 0.1) is 17.2 Å². The van der Waals surface area contributed by atoms with E-state index >= 15 is 0 Å². The highest BCUT2D eigenvalue weighted by Gasteiger charge is 2.56. The van der Waals surface area contributed by atoms with Gasteiger partial charge in [0, 0.05) is 104 Å². The van der Waals surface area contributed by atoms with Crippen LogP contribution in [0.4, 0.5) is 27.3 Å². The molecule has 0 spiro atoms. The first-order valence-electron chi connectivity index (χ1n) is 24.4. The van der Waals surface area contributed by atoms with E-state index in [0.29, 0.717) is 84.4 Å². The fourth-order valence-corrected chi connectivity index (χ4v) is 11.0. The Kier molecular flexibility index (Phi) is 12.1. The number of pyridine rings is 2. The van der Waals surface area contributed by atoms with Gasteiger partial charge in [0.2, 0.25) is 17.7 Å². The molecule has 16 nitrogen and oxygen atoms in total. The van der Waals surface area contributed by atoms with Crippen LogP contribution in [0.5, 0.6) is 17.2 Å². The molecule has 0 radical (unpaired) electrons. The van der Waals surface area contributed by atoms with E-state index in [1.807, 2.05) is 12.1 Å². The summed E-state index contributed by atoms with van der Waals surface area (Å²) in [6, 6.07) is 20.8. The number of carbonyl (C=O) groups excluding carboxylic acids is 4. The van der Waals surface area contributed by atoms with Crippen LogP contribution in [0.1, 0.15) is 60.9 Å². The van der Waals surface area contributed by atoms with Gasteiger partial charge in [0.05, 0.1) is 24.9 Å². The Morgan fingerprint density at radius 3 is 2.27 bits per heavy atom. The molecule has 7 aliphatic rings. The van der Waals surface area contributed by atoms with Crippen molar-refractivity contribution >= 4 is 57.4 Å². The van der Waals surface area contributed by atoms with Gasteiger partial charge in [0.15, 0.2) is 0 Å². The van der Waals surface area contributed by atoms with Gasteiger partial charge in [0.25, 0.3) is 5.91 Å². The molecule has 6 fully saturated rings. The van der Waals surface area contributed by atoms with E-state index in [1.54, 1.807) is 54.7 Å². The number of halogens is 1. The zero-order valence-corrected chi connectivity index (χ0v) is 39.2. The average molecular weight is 949 g/mol. The quantitative estimate of drug-likeness (QED) is 0.0814. The van der Waals surface area contributed by atoms with Crippen LogP contribution in [0.15, 0.2) is 97.5 Å². The molecule has 3 atom stereocenters. The third-order valence-corrected chi connectivity index (χ3v) is 15.2. The van der Waals surface area contributed by atoms with Crippen LogP contribution in [0.3, 0.4) is 0 Å². The molecule has 5 saturated heterocycles. The van der Waals surface area contributed by atoms with Gasteiger partial charge in [-0.05, 0) is 124 Å². The number of nitrogens with one attached hydrogen (secondary N) is 4. The number of allylic oxidation sites excluding steroid dienone is 1. The number of carbonyl (C=O) groups is 4. The van der Waals surface area contributed by atoms with Crippen molar-refractivity contribution < 1.29 is 33.0 Å². The van der Waals surface area contributed by atoms with Crippen molar-refractivity contribution in [2.75, 3.05) is 73.8 Å². The fraction of sp³-hybridized carbons (Fsp3) is 0.396. The number of hydrogen-bond acceptors (Lipinski definition) is 12. The van der Waals surface area contributed by atoms with Crippen LogP contribution in [0.2, 0.25) is 0 Å². The molecule has 12 rings (SSSR count). The molecule has 3 aromatic carbocycles. The number of piperidine rings is 3. The molecule has 4 amide bonds. The van der Waals surface area contributed by atoms with E-state index in [0.717, 1.165) is 92.4 Å². The van der Waals surface area contributed by atoms with Gasteiger partial charge in [-0.3, -0.25) is 34.0 Å². The molecule has 3 unspecified atom stereocenters. The van der Waals surface area contributed by atoms with Gasteiger partial charge < -0.3 is 40.5 Å². The fourth-order valence-electron chi connectivity index (χ4n) is 11.0. The Bertz CT molecular complexity index is 2860. The van der Waals surface area contributed by atoms with E-state index in [1.165, 1.54) is 30.7 Å². The molecule has 5 aromatic rings. The third-order valence-electron chi connectivity index (χ3n) is 15.2. The summed E-state index contributed by atoms with van der Waals surface area (Å²) in [7, 11) is 1.69. The molecule has 6 aliphatic heterocycles. The number of methoxy groups -OCH3 is 1. The Labute approximate surface area is 405 Å². The summed E-state index contributed by atoms with van der Waals surface area (Å²) >= 11 is 0. The molecule has 8 heterocycles. The Hall–Kier alpha value is -7.11. The minimum atomic E-state index is -1.17. The maximum absolute atomic E-state index is 13.3. The number of benzene rings is 3. The number of nitrogens with zero attached hydrogens (tertiary/aromatic N) is 6. The van der Waals surface area contributed by atoms with Crippen molar-refractivity contribution in [1.82, 2.24) is 30.0 Å². The number of hydrogen-bond donors (Lipinski definition) is 4. The minimum absolute atomic E-state index is 0.116. The summed E-state index contributed by atoms with van der Waals surface area (Å²) in [5.41, 5.74) is 3.80. The van der Waals surface area contributed by atoms with Crippen molar-refractivity contribution in [2.24, 2.45) is 11.3 Å². The lowest BCUT2D eigenvalue weighted by molar-refractivity contribution is -0.131. The normalized spacial score (nSPS) is 22.0. The highest BCUT2D eigenvalue weighted by Crippen LogP contribution is 2.48. The first-order valence-corrected chi connectivity index (χ1v) is 24.4. The van der Waals surface area contributed by atoms with E-state index in [4.69, 9.17) is 14.5 Å². The maximum atomic E-state index is 13.3. The Morgan fingerprint density at radius 2 is 1.59 bits per heavy atom. The summed E-state index contributed by atoms with van der Waals surface area (Å²) < 4.78 is 25.7. The molecule has 2 bridgehead atoms. The van der Waals surface area contributed by atoms with Crippen molar-refractivity contribution in [3.63, 3.8) is 0 Å². The third kappa shape index (κ3) is 8.87. The second-order valence-electron chi connectivity index (χ2n) is 19.6. The number of rotatable bonds is 15. The number of piperazine rings is 1. The van der Waals surface area contributed by atoms with E-state index in [9.17, 15) is 23.6 Å². The summed E-state index contributed by atoms with van der Waals surface area (Å²) in [5.74, 6) is 1.80. The number of fused-ring (bicyclic) bond motifs is 4. The van der Waals surface area contributed by atoms with Crippen LogP contribution >= 0.6 is 0 Å². The molecule has 1 saturated carbocycles. The monoisotopic (exact) mass is 948 g/mol. The highest BCUT2D eigenvalue weighted by atomic mass is 19.1. The molecule has 1 aliphatic carbocycles. The van der Waals surface area contributed by atoms with Crippen LogP contribution in [-0.2, 0) is 20.9 Å². The largest absolute Gasteiger partial charge is 0.495 e. The van der Waals surface area contributed by atoms with Gasteiger partial charge in [-0.25, -0.2) is 9.37 Å². The van der Waals surface area contributed by atoms with Crippen LogP contribution < -0.4 is 35.6 Å². The number of ether oxygens (including phenoxy) is 2. The van der Waals surface area contributed by atoms with Gasteiger partial charge in [-0.2, -0.15) is 0 Å². The van der Waals surface area contributed by atoms with Crippen LogP contribution in [-0.4, -0.2) is 119 Å². The van der Waals surface area contributed by atoms with E-state index in [-0.39, 0.29) is 17.7 Å². The Morgan fingerprint density at radius 1 is 0.886 bits per heavy atom. The van der Waals surface area contributed by atoms with Gasteiger partial charge >= 0.3 is 0 Å². The van der Waals surface area contributed by atoms with Gasteiger partial charge in [0.1, 0.15) is 40.3 Å². The minimum Gasteiger partial charge on any atom is -0.495 e. The molecule has 4 N–H and O–H groups in total. The van der Waals surface area contributed by atoms with Gasteiger partial charge in [-0.15, -0.1) is 0 Å². The number of anilines is 4. The average Bonchev–Trinajstić information content (AvgIpc) is 4.13. The summed E-state index contributed by atoms with van der Waals surface area (Å²) in [6.45, 7) is 10.9. The smallest absolute Gasteiger partial charge is 0.255 e. The topological polar surface area (TPSA) is 174 Å². The van der Waals surface area contributed by atoms with E-state index < -0.39 is 23.2 Å². The van der Waals surface area contributed by atoms with Gasteiger partial charge in [-0.1, -0.05) is 6.58 Å². The summed E-state index contributed by atoms with van der Waals surface area (Å²) in [4.78, 5) is 71.0. The standard InChI is InChI=1S/C53H57FN10O6/c1-32-3-12-44(49(65)58-32)64-31-42-40(50(64)66)13-19-56-48(42)57-21-24-61-29-37-25-38(30-61)63(37)28-33-15-22-62(23-16-33)45-27-43-41(26-47(45)69-2)46(14-20-55-43)70-39-10-8-36(9-11-39)60-52(68)53(17-18-53)51(67)59-35-6-4-34(54)5-7-35/h4-11,13-14,19-20,26-27,33,37-38,44H,1,3,12,15-18,21-25,28-31H2,2H3,(H,56,57)(H,58,65)(H,59,67)(H,60,68). The zero-order valence-electron chi connectivity index (χ0n) is 39.2. The van der Waals surface area contributed by atoms with E-state index in [2.05, 4.69) is 53.6 Å². The summed E-state index contributed by atoms with van der Waals surface area (Å²) in [6.07, 6.45) is 8.96. The number of amides is 4. The molecule has 70 heavy (non-hydrogen) atoms. The highest BCUT2D eigenvalue weighted by molar-refractivity contribution is 6.17. The second-order valence-corrected chi connectivity index (χ2v) is 19.6. The summed E-state index contributed by atoms with van der Waals surface area (Å²) in [5, 5.41) is 12.8. The molecule has 2 aromatic heterocycles. The predicted octanol–water partition coefficient (Wildman–Crippen LogP) is 6.76. The SMILES string of the molecule is C=C1CCC(N2Cc3c(ccnc3NCCN3CC4CC(C3)N4CC3CCN(c4cc5nccc(Oc6ccc(NC(=O)C7(C(=O)Nc8ccc(F)cc8)CC7)cc6)c5cc4OC)CC3)C2=O)C(=O)N1. The first kappa shape index (κ1) is 45.3. The van der Waals surface area contributed by atoms with Crippen LogP contribution in [0.25, 0.3) is 10.9 Å². The number of aromatic nitrogens is 2. The van der Waals surface area contributed by atoms with Crippen molar-refractivity contribution in [3.05, 3.63) is 114 Å². The van der Waals surface area contributed by atoms with Crippen molar-refractivity contribution in [2.45, 2.75) is 69.6 Å². The predicted molar refractivity (Wildman–Crippen MR) is 263 cm³/mol. The Balaban J connectivity index is 0.647. The maximum Gasteiger partial charge on any atom is 0.255 e. The van der Waals surface area contributed by atoms with Crippen molar-refractivity contribution in [3.8, 4) is 17.2 Å². The molecular weight excluding hydrogens is 892 g/mol. The first-order chi connectivity index (χ1) is 34.0. The van der Waals surface area contributed by atoms with Crippen molar-refractivity contribution in [1.29, 1.82) is 0 Å². The zero-order chi connectivity index (χ0) is 48.1.